The number of fused-ring (bicyclic) bond motifs is 2. The van der Waals surface area contributed by atoms with Crippen molar-refractivity contribution < 1.29 is 48.1 Å². The van der Waals surface area contributed by atoms with Crippen LogP contribution in [0.2, 0.25) is 6.55 Å². The molecule has 0 aliphatic rings. The molecular weight excluding hydrogens is 659 g/mol. The van der Waals surface area contributed by atoms with Crippen LogP contribution in [0.25, 0.3) is 43.8 Å². The summed E-state index contributed by atoms with van der Waals surface area (Å²) in [4.78, 5) is 0. The van der Waals surface area contributed by atoms with Crippen molar-refractivity contribution in [1.82, 2.24) is 0 Å². The summed E-state index contributed by atoms with van der Waals surface area (Å²) in [6.45, 7) is 6.64. The van der Waals surface area contributed by atoms with Crippen LogP contribution in [0.4, 0.5) is 0 Å². The summed E-state index contributed by atoms with van der Waals surface area (Å²) < 4.78 is 0. The maximum absolute atomic E-state index is 2.35. The number of hydrogen-bond donors (Lipinski definition) is 0. The van der Waals surface area contributed by atoms with Crippen molar-refractivity contribution in [2.24, 2.45) is 0 Å². The molecule has 7 aromatic carbocycles. The molecule has 7 aromatic rings. The molecule has 0 fully saturated rings. The van der Waals surface area contributed by atoms with Crippen LogP contribution in [0.3, 0.4) is 0 Å². The number of benzene rings is 5. The molecule has 0 N–H and O–H groups in total. The van der Waals surface area contributed by atoms with E-state index in [4.69, 9.17) is 0 Å². The van der Waals surface area contributed by atoms with Gasteiger partial charge in [0.05, 0.1) is 0 Å². The summed E-state index contributed by atoms with van der Waals surface area (Å²) in [6, 6.07) is 53.9. The number of rotatable bonds is 3. The summed E-state index contributed by atoms with van der Waals surface area (Å²) >= 11 is 1.69. The topological polar surface area (TPSA) is 0 Å². The van der Waals surface area contributed by atoms with Gasteiger partial charge in [-0.1, -0.05) is 97.8 Å². The molecule has 4 heteroatoms. The van der Waals surface area contributed by atoms with Gasteiger partial charge in [-0.15, -0.1) is 69.1 Å². The Morgan fingerprint density at radius 2 is 0.860 bits per heavy atom. The maximum Gasteiger partial charge on any atom is -0.0279 e. The Balaban J connectivity index is 0.000000180. The smallest absolute Gasteiger partial charge is 0.0279 e. The number of hydrogen-bond acceptors (Lipinski definition) is 0. The van der Waals surface area contributed by atoms with Gasteiger partial charge >= 0.3 is 70.8 Å². The first-order valence-corrected chi connectivity index (χ1v) is 19.7. The summed E-state index contributed by atoms with van der Waals surface area (Å²) in [5, 5.41) is 6.93. The average molecular weight is 693 g/mol. The fourth-order valence-electron chi connectivity index (χ4n) is 5.20. The normalized spacial score (nSPS) is 9.98. The minimum absolute atomic E-state index is 0. The molecule has 0 nitrogen and oxygen atoms in total. The zero-order valence-electron chi connectivity index (χ0n) is 24.7. The Bertz CT molecular complexity index is 1760. The van der Waals surface area contributed by atoms with Crippen molar-refractivity contribution in [3.63, 3.8) is 0 Å². The fraction of sp³-hybridized carbons (Fsp3) is 0.0769. The van der Waals surface area contributed by atoms with E-state index in [0.717, 1.165) is 0 Å². The molecule has 0 atom stereocenters. The summed E-state index contributed by atoms with van der Waals surface area (Å²) in [7, 11) is 0. The van der Waals surface area contributed by atoms with Crippen LogP contribution < -0.4 is 30.0 Å². The molecule has 0 radical (unpaired) electrons. The SMILES string of the molecule is C[Si](=[Zr+2])c1ccccc1.Cc1cc2c(-c3ccccc3)cccc2[cH-]1.Cc1cc2c(-c3ccccc3)cccc2[cH-]1.[Cl-].[Cl-]. The Hall–Kier alpha value is -3.00. The minimum Gasteiger partial charge on any atom is -1.00 e. The Labute approximate surface area is 283 Å². The van der Waals surface area contributed by atoms with Crippen LogP contribution in [0, 0.1) is 13.8 Å². The van der Waals surface area contributed by atoms with Crippen molar-refractivity contribution in [2.45, 2.75) is 20.4 Å². The summed E-state index contributed by atoms with van der Waals surface area (Å²) in [5.41, 5.74) is 7.77. The second-order valence-electron chi connectivity index (χ2n) is 10.4. The van der Waals surface area contributed by atoms with E-state index in [1.54, 1.807) is 28.5 Å². The summed E-state index contributed by atoms with van der Waals surface area (Å²) in [6.07, 6.45) is 0. The maximum atomic E-state index is 2.35. The standard InChI is InChI=1S/2C16H13.C7H8Si.2ClH.Zr/c2*1-12-10-14-8-5-9-15(16(14)11-12)13-6-3-2-4-7-13;1-8-7-5-3-2-4-6-7;;;/h2*2-11H,1H3;2-6H,1H3;2*1H;/q2*-1;;;;+2/p-2. The van der Waals surface area contributed by atoms with Crippen molar-refractivity contribution in [2.75, 3.05) is 0 Å². The van der Waals surface area contributed by atoms with Crippen molar-refractivity contribution >= 4 is 32.2 Å². The monoisotopic (exact) mass is 690 g/mol. The van der Waals surface area contributed by atoms with Gasteiger partial charge in [0, 0.05) is 0 Å². The second kappa shape index (κ2) is 16.7. The zero-order valence-corrected chi connectivity index (χ0v) is 29.7. The third kappa shape index (κ3) is 9.01. The molecule has 0 aliphatic carbocycles. The van der Waals surface area contributed by atoms with E-state index in [2.05, 4.69) is 172 Å². The van der Waals surface area contributed by atoms with Gasteiger partial charge in [0.25, 0.3) is 0 Å². The Kier molecular flexibility index (Phi) is 13.4. The quantitative estimate of drug-likeness (QED) is 0.193. The van der Waals surface area contributed by atoms with E-state index in [0.29, 0.717) is 0 Å². The third-order valence-electron chi connectivity index (χ3n) is 7.17. The van der Waals surface area contributed by atoms with E-state index in [-0.39, 0.29) is 30.2 Å². The molecule has 0 saturated carbocycles. The molecule has 0 unspecified atom stereocenters. The van der Waals surface area contributed by atoms with Gasteiger partial charge in [-0.2, -0.15) is 12.1 Å². The van der Waals surface area contributed by atoms with E-state index in [1.807, 2.05) is 0 Å². The molecule has 0 aromatic heterocycles. The predicted octanol–water partition coefficient (Wildman–Crippen LogP) is 4.14. The van der Waals surface area contributed by atoms with Crippen molar-refractivity contribution in [3.05, 3.63) is 163 Å². The van der Waals surface area contributed by atoms with Crippen LogP contribution in [0.5, 0.6) is 0 Å². The molecule has 0 heterocycles. The molecule has 0 bridgehead atoms. The van der Waals surface area contributed by atoms with Gasteiger partial charge in [0.1, 0.15) is 0 Å². The van der Waals surface area contributed by atoms with Crippen LogP contribution in [0.15, 0.2) is 152 Å². The van der Waals surface area contributed by atoms with Crippen LogP contribution in [-0.2, 0) is 23.3 Å². The molecule has 214 valence electrons. The van der Waals surface area contributed by atoms with Crippen molar-refractivity contribution in [3.8, 4) is 22.3 Å². The predicted molar refractivity (Wildman–Crippen MR) is 177 cm³/mol. The third-order valence-corrected chi connectivity index (χ3v) is 10.5. The van der Waals surface area contributed by atoms with Gasteiger partial charge in [0.2, 0.25) is 0 Å². The molecule has 0 spiro atoms. The minimum atomic E-state index is -0.122. The van der Waals surface area contributed by atoms with Gasteiger partial charge in [-0.3, -0.25) is 0 Å². The van der Waals surface area contributed by atoms with Gasteiger partial charge in [-0.25, -0.2) is 0 Å². The molecular formula is C39H34Cl2SiZr-2. The Morgan fingerprint density at radius 3 is 1.21 bits per heavy atom. The van der Waals surface area contributed by atoms with E-state index < -0.39 is 0 Å². The van der Waals surface area contributed by atoms with Gasteiger partial charge in [0.15, 0.2) is 0 Å². The molecule has 43 heavy (non-hydrogen) atoms. The molecule has 0 amide bonds. The fourth-order valence-corrected chi connectivity index (χ4v) is 7.12. The van der Waals surface area contributed by atoms with Crippen LogP contribution in [0.1, 0.15) is 11.1 Å². The van der Waals surface area contributed by atoms with E-state index >= 15 is 0 Å². The summed E-state index contributed by atoms with van der Waals surface area (Å²) in [5.74, 6) is 0. The van der Waals surface area contributed by atoms with Gasteiger partial charge < -0.3 is 24.8 Å². The first-order chi connectivity index (χ1) is 20.0. The van der Waals surface area contributed by atoms with Crippen LogP contribution in [-0.4, -0.2) is 5.43 Å². The Morgan fingerprint density at radius 1 is 0.488 bits per heavy atom. The number of halogens is 2. The van der Waals surface area contributed by atoms with E-state index in [9.17, 15) is 0 Å². The van der Waals surface area contributed by atoms with E-state index in [1.165, 1.54) is 54.9 Å². The first kappa shape index (κ1) is 34.5. The van der Waals surface area contributed by atoms with Crippen LogP contribution >= 0.6 is 0 Å². The molecule has 0 saturated heterocycles. The first-order valence-electron chi connectivity index (χ1n) is 14.0. The average Bonchev–Trinajstić information content (AvgIpc) is 3.59. The van der Waals surface area contributed by atoms with Crippen molar-refractivity contribution in [1.29, 1.82) is 0 Å². The number of aryl methyl sites for hydroxylation is 2. The van der Waals surface area contributed by atoms with Gasteiger partial charge in [-0.05, 0) is 11.1 Å². The molecule has 0 aliphatic heterocycles. The second-order valence-corrected chi connectivity index (χ2v) is 17.8. The largest absolute Gasteiger partial charge is 1.00 e. The zero-order chi connectivity index (χ0) is 28.6. The molecule has 7 rings (SSSR count).